The smallest absolute Gasteiger partial charge is 0.228 e. The fourth-order valence-corrected chi connectivity index (χ4v) is 2.22. The zero-order chi connectivity index (χ0) is 16.9. The van der Waals surface area contributed by atoms with E-state index in [2.05, 4.69) is 9.97 Å². The summed E-state index contributed by atoms with van der Waals surface area (Å²) in [5, 5.41) is 0. The van der Waals surface area contributed by atoms with Gasteiger partial charge >= 0.3 is 0 Å². The lowest BCUT2D eigenvalue weighted by atomic mass is 10.2. The Morgan fingerprint density at radius 3 is 2.25 bits per heavy atom. The molecular weight excluding hydrogens is 306 g/mol. The van der Waals surface area contributed by atoms with Crippen LogP contribution in [-0.2, 0) is 0 Å². The second-order valence-corrected chi connectivity index (χ2v) is 4.95. The van der Waals surface area contributed by atoms with Gasteiger partial charge in [0, 0.05) is 24.4 Å². The van der Waals surface area contributed by atoms with Gasteiger partial charge in [-0.2, -0.15) is 0 Å². The van der Waals surface area contributed by atoms with Crippen LogP contribution in [-0.4, -0.2) is 24.2 Å². The summed E-state index contributed by atoms with van der Waals surface area (Å²) in [6, 6.07) is 14.4. The number of hydrogen-bond acceptors (Lipinski definition) is 6. The van der Waals surface area contributed by atoms with Crippen LogP contribution in [0.1, 0.15) is 0 Å². The number of nitrogen functional groups attached to an aromatic ring is 1. The highest BCUT2D eigenvalue weighted by Crippen LogP contribution is 2.34. The molecule has 3 aromatic rings. The second-order valence-electron chi connectivity index (χ2n) is 4.95. The van der Waals surface area contributed by atoms with Crippen molar-refractivity contribution in [2.24, 2.45) is 0 Å². The quantitative estimate of drug-likeness (QED) is 0.773. The van der Waals surface area contributed by atoms with Gasteiger partial charge < -0.3 is 19.9 Å². The molecular formula is C18H17N3O3. The van der Waals surface area contributed by atoms with Crippen LogP contribution in [0.4, 0.5) is 5.82 Å². The van der Waals surface area contributed by atoms with Crippen molar-refractivity contribution in [2.45, 2.75) is 0 Å². The molecule has 0 aliphatic carbocycles. The van der Waals surface area contributed by atoms with Gasteiger partial charge in [0.05, 0.1) is 25.5 Å². The molecule has 0 saturated carbocycles. The van der Waals surface area contributed by atoms with E-state index in [1.165, 1.54) is 0 Å². The first-order chi connectivity index (χ1) is 11.7. The van der Waals surface area contributed by atoms with Crippen molar-refractivity contribution in [3.05, 3.63) is 54.7 Å². The molecule has 24 heavy (non-hydrogen) atoms. The number of ether oxygens (including phenoxy) is 3. The van der Waals surface area contributed by atoms with Crippen LogP contribution < -0.4 is 19.9 Å². The van der Waals surface area contributed by atoms with Crippen LogP contribution in [0, 0.1) is 0 Å². The minimum absolute atomic E-state index is 0.422. The van der Waals surface area contributed by atoms with Crippen LogP contribution in [0.5, 0.6) is 23.1 Å². The Morgan fingerprint density at radius 1 is 0.875 bits per heavy atom. The summed E-state index contributed by atoms with van der Waals surface area (Å²) in [4.78, 5) is 8.63. The first kappa shape index (κ1) is 15.6. The molecule has 3 rings (SSSR count). The Hall–Kier alpha value is -3.28. The van der Waals surface area contributed by atoms with Crippen LogP contribution in [0.15, 0.2) is 54.7 Å². The van der Waals surface area contributed by atoms with E-state index in [9.17, 15) is 0 Å². The molecule has 1 aromatic carbocycles. The Morgan fingerprint density at radius 2 is 1.58 bits per heavy atom. The topological polar surface area (TPSA) is 79.5 Å². The van der Waals surface area contributed by atoms with Crippen molar-refractivity contribution in [2.75, 3.05) is 20.0 Å². The molecule has 0 fully saturated rings. The second kappa shape index (κ2) is 6.87. The predicted octanol–water partition coefficient (Wildman–Crippen LogP) is 3.54. The van der Waals surface area contributed by atoms with Crippen molar-refractivity contribution in [1.29, 1.82) is 0 Å². The van der Waals surface area contributed by atoms with E-state index in [0.29, 0.717) is 34.6 Å². The summed E-state index contributed by atoms with van der Waals surface area (Å²) in [7, 11) is 3.17. The maximum absolute atomic E-state index is 5.94. The lowest BCUT2D eigenvalue weighted by Crippen LogP contribution is -1.96. The SMILES string of the molecule is COc1cc(OC)cc(Oc2ncccc2-c2cccc(N)n2)c1. The number of pyridine rings is 2. The Bertz CT molecular complexity index is 830. The van der Waals surface area contributed by atoms with Gasteiger partial charge in [-0.05, 0) is 24.3 Å². The fraction of sp³-hybridized carbons (Fsp3) is 0.111. The molecule has 2 aromatic heterocycles. The molecule has 0 saturated heterocycles. The Labute approximate surface area is 139 Å². The molecule has 122 valence electrons. The highest BCUT2D eigenvalue weighted by molar-refractivity contribution is 5.66. The van der Waals surface area contributed by atoms with Crippen LogP contribution in [0.3, 0.4) is 0 Å². The number of hydrogen-bond donors (Lipinski definition) is 1. The third-order valence-corrected chi connectivity index (χ3v) is 3.36. The van der Waals surface area contributed by atoms with E-state index in [0.717, 1.165) is 5.56 Å². The Kier molecular flexibility index (Phi) is 4.47. The van der Waals surface area contributed by atoms with Gasteiger partial charge in [-0.1, -0.05) is 6.07 Å². The summed E-state index contributed by atoms with van der Waals surface area (Å²) < 4.78 is 16.4. The van der Waals surface area contributed by atoms with Gasteiger partial charge in [0.15, 0.2) is 0 Å². The molecule has 0 amide bonds. The number of benzene rings is 1. The van der Waals surface area contributed by atoms with Crippen molar-refractivity contribution in [1.82, 2.24) is 9.97 Å². The van der Waals surface area contributed by atoms with Gasteiger partial charge in [0.25, 0.3) is 0 Å². The highest BCUT2D eigenvalue weighted by Gasteiger charge is 2.11. The Balaban J connectivity index is 2.00. The van der Waals surface area contributed by atoms with Gasteiger partial charge in [0.2, 0.25) is 5.88 Å². The molecule has 0 spiro atoms. The van der Waals surface area contributed by atoms with Gasteiger partial charge in [-0.3, -0.25) is 0 Å². The fourth-order valence-electron chi connectivity index (χ4n) is 2.22. The first-order valence-electron chi connectivity index (χ1n) is 7.28. The number of methoxy groups -OCH3 is 2. The van der Waals surface area contributed by atoms with Crippen LogP contribution in [0.2, 0.25) is 0 Å². The minimum Gasteiger partial charge on any atom is -0.496 e. The normalized spacial score (nSPS) is 10.2. The third-order valence-electron chi connectivity index (χ3n) is 3.36. The van der Waals surface area contributed by atoms with Crippen LogP contribution >= 0.6 is 0 Å². The van der Waals surface area contributed by atoms with E-state index >= 15 is 0 Å². The third kappa shape index (κ3) is 3.38. The lowest BCUT2D eigenvalue weighted by molar-refractivity contribution is 0.385. The standard InChI is InChI=1S/C18H17N3O3/c1-22-12-9-13(23-2)11-14(10-12)24-18-15(5-4-8-20-18)16-6-3-7-17(19)21-16/h3-11H,1-2H3,(H2,19,21). The van der Waals surface area contributed by atoms with Crippen LogP contribution in [0.25, 0.3) is 11.3 Å². The molecule has 0 radical (unpaired) electrons. The first-order valence-corrected chi connectivity index (χ1v) is 7.28. The number of anilines is 1. The average Bonchev–Trinajstić information content (AvgIpc) is 2.61. The van der Waals surface area contributed by atoms with E-state index in [-0.39, 0.29) is 0 Å². The summed E-state index contributed by atoms with van der Waals surface area (Å²) in [5.74, 6) is 2.67. The number of nitrogens with zero attached hydrogens (tertiary/aromatic N) is 2. The maximum atomic E-state index is 5.94. The summed E-state index contributed by atoms with van der Waals surface area (Å²) in [6.07, 6.45) is 1.66. The van der Waals surface area contributed by atoms with E-state index in [4.69, 9.17) is 19.9 Å². The number of rotatable bonds is 5. The van der Waals surface area contributed by atoms with E-state index in [1.807, 2.05) is 24.3 Å². The molecule has 6 nitrogen and oxygen atoms in total. The largest absolute Gasteiger partial charge is 0.496 e. The lowest BCUT2D eigenvalue weighted by Gasteiger charge is -2.12. The molecule has 0 bridgehead atoms. The summed E-state index contributed by atoms with van der Waals surface area (Å²) in [5.41, 5.74) is 7.20. The number of aromatic nitrogens is 2. The average molecular weight is 323 g/mol. The number of nitrogens with two attached hydrogens (primary N) is 1. The summed E-state index contributed by atoms with van der Waals surface area (Å²) >= 11 is 0. The molecule has 0 aliphatic heterocycles. The van der Waals surface area contributed by atoms with Crippen molar-refractivity contribution in [3.63, 3.8) is 0 Å². The van der Waals surface area contributed by atoms with E-state index in [1.54, 1.807) is 44.7 Å². The molecule has 0 atom stereocenters. The maximum Gasteiger partial charge on any atom is 0.228 e. The van der Waals surface area contributed by atoms with Crippen molar-refractivity contribution < 1.29 is 14.2 Å². The zero-order valence-electron chi connectivity index (χ0n) is 13.4. The van der Waals surface area contributed by atoms with E-state index < -0.39 is 0 Å². The van der Waals surface area contributed by atoms with Gasteiger partial charge in [-0.25, -0.2) is 9.97 Å². The molecule has 2 heterocycles. The monoisotopic (exact) mass is 323 g/mol. The van der Waals surface area contributed by atoms with Crippen molar-refractivity contribution in [3.8, 4) is 34.4 Å². The van der Waals surface area contributed by atoms with Gasteiger partial charge in [0.1, 0.15) is 23.1 Å². The summed E-state index contributed by atoms with van der Waals surface area (Å²) in [6.45, 7) is 0. The predicted molar refractivity (Wildman–Crippen MR) is 91.5 cm³/mol. The zero-order valence-corrected chi connectivity index (χ0v) is 13.4. The molecule has 6 heteroatoms. The minimum atomic E-state index is 0.422. The molecule has 0 aliphatic rings. The van der Waals surface area contributed by atoms with Crippen molar-refractivity contribution >= 4 is 5.82 Å². The van der Waals surface area contributed by atoms with Gasteiger partial charge in [-0.15, -0.1) is 0 Å². The highest BCUT2D eigenvalue weighted by atomic mass is 16.5. The molecule has 2 N–H and O–H groups in total. The molecule has 0 unspecified atom stereocenters.